The van der Waals surface area contributed by atoms with Gasteiger partial charge in [0, 0.05) is 36.0 Å². The summed E-state index contributed by atoms with van der Waals surface area (Å²) in [6.07, 6.45) is 2.43. The van der Waals surface area contributed by atoms with E-state index >= 15 is 0 Å². The van der Waals surface area contributed by atoms with Crippen LogP contribution in [0.3, 0.4) is 0 Å². The van der Waals surface area contributed by atoms with Gasteiger partial charge in [-0.15, -0.1) is 0 Å². The molecule has 0 aliphatic heterocycles. The van der Waals surface area contributed by atoms with Crippen LogP contribution in [0.4, 0.5) is 0 Å². The van der Waals surface area contributed by atoms with E-state index in [4.69, 9.17) is 9.47 Å². The highest BCUT2D eigenvalue weighted by atomic mass is 16.5. The third-order valence-corrected chi connectivity index (χ3v) is 7.14. The Hall–Kier alpha value is -2.24. The predicted molar refractivity (Wildman–Crippen MR) is 110 cm³/mol. The Kier molecular flexibility index (Phi) is 5.59. The van der Waals surface area contributed by atoms with E-state index in [9.17, 15) is 19.2 Å². The zero-order valence-corrected chi connectivity index (χ0v) is 19.0. The molecule has 0 aromatic heterocycles. The summed E-state index contributed by atoms with van der Waals surface area (Å²) in [5.74, 6) is -2.30. The van der Waals surface area contributed by atoms with Crippen LogP contribution < -0.4 is 0 Å². The number of hydrogen-bond acceptors (Lipinski definition) is 6. The highest BCUT2D eigenvalue weighted by Gasteiger charge is 2.58. The topological polar surface area (TPSA) is 86.7 Å². The van der Waals surface area contributed by atoms with Gasteiger partial charge in [0.2, 0.25) is 5.78 Å². The second kappa shape index (κ2) is 7.47. The number of rotatable bonds is 3. The molecule has 164 valence electrons. The Bertz CT molecular complexity index is 887. The fraction of sp³-hybridized carbons (Fsp3) is 0.667. The van der Waals surface area contributed by atoms with Gasteiger partial charge < -0.3 is 9.47 Å². The number of fused-ring (bicyclic) bond motifs is 2. The molecule has 3 rings (SSSR count). The number of hydrogen-bond donors (Lipinski definition) is 0. The Morgan fingerprint density at radius 2 is 1.63 bits per heavy atom. The van der Waals surface area contributed by atoms with E-state index in [1.54, 1.807) is 13.8 Å². The van der Waals surface area contributed by atoms with Crippen molar-refractivity contribution in [3.8, 4) is 0 Å². The number of allylic oxidation sites excluding steroid dienone is 2. The first kappa shape index (κ1) is 22.4. The van der Waals surface area contributed by atoms with Crippen molar-refractivity contribution in [2.24, 2.45) is 22.7 Å². The lowest BCUT2D eigenvalue weighted by Crippen LogP contribution is -2.53. The number of ketones is 2. The minimum absolute atomic E-state index is 0.0535. The lowest BCUT2D eigenvalue weighted by Gasteiger charge is -2.56. The first-order valence-electron chi connectivity index (χ1n) is 10.7. The van der Waals surface area contributed by atoms with Crippen LogP contribution in [0.5, 0.6) is 0 Å². The minimum atomic E-state index is -0.767. The summed E-state index contributed by atoms with van der Waals surface area (Å²) < 4.78 is 10.9. The fourth-order valence-corrected chi connectivity index (χ4v) is 6.00. The SMILES string of the molecule is CC(=O)OC1=C(C(C)C)C(=O)C2=C(C1=O)C1(C)CCCC(C)(C)C1CC2OC(C)=O. The molecule has 3 aliphatic rings. The molecule has 0 heterocycles. The van der Waals surface area contributed by atoms with Crippen molar-refractivity contribution in [1.82, 2.24) is 0 Å². The van der Waals surface area contributed by atoms with Crippen LogP contribution in [0.15, 0.2) is 22.5 Å². The van der Waals surface area contributed by atoms with Crippen molar-refractivity contribution >= 4 is 23.5 Å². The summed E-state index contributed by atoms with van der Waals surface area (Å²) in [5, 5.41) is 0. The normalized spacial score (nSPS) is 30.8. The molecule has 6 nitrogen and oxygen atoms in total. The average molecular weight is 417 g/mol. The number of esters is 2. The van der Waals surface area contributed by atoms with Crippen LogP contribution in [0.25, 0.3) is 0 Å². The van der Waals surface area contributed by atoms with Crippen LogP contribution >= 0.6 is 0 Å². The monoisotopic (exact) mass is 416 g/mol. The van der Waals surface area contributed by atoms with Gasteiger partial charge in [-0.1, -0.05) is 41.0 Å². The van der Waals surface area contributed by atoms with Crippen LogP contribution in [0, 0.1) is 22.7 Å². The number of carbonyl (C=O) groups is 4. The van der Waals surface area contributed by atoms with E-state index in [1.165, 1.54) is 13.8 Å². The van der Waals surface area contributed by atoms with E-state index in [2.05, 4.69) is 13.8 Å². The van der Waals surface area contributed by atoms with Gasteiger partial charge in [-0.05, 0) is 36.5 Å². The second-order valence-corrected chi connectivity index (χ2v) is 10.1. The molecule has 0 spiro atoms. The molecule has 0 aromatic rings. The highest BCUT2D eigenvalue weighted by Crippen LogP contribution is 2.61. The minimum Gasteiger partial charge on any atom is -0.458 e. The van der Waals surface area contributed by atoms with Gasteiger partial charge >= 0.3 is 11.9 Å². The first-order valence-corrected chi connectivity index (χ1v) is 10.7. The van der Waals surface area contributed by atoms with Gasteiger partial charge in [0.15, 0.2) is 11.5 Å². The summed E-state index contributed by atoms with van der Waals surface area (Å²) in [6, 6.07) is 0. The lowest BCUT2D eigenvalue weighted by molar-refractivity contribution is -0.149. The fourth-order valence-electron chi connectivity index (χ4n) is 6.00. The van der Waals surface area contributed by atoms with Crippen LogP contribution in [0.1, 0.15) is 74.1 Å². The molecular formula is C24H32O6. The van der Waals surface area contributed by atoms with Crippen molar-refractivity contribution in [3.63, 3.8) is 0 Å². The summed E-state index contributed by atoms with van der Waals surface area (Å²) in [5.41, 5.74) is 0.212. The van der Waals surface area contributed by atoms with E-state index in [-0.39, 0.29) is 39.9 Å². The number of Topliss-reactive ketones (excluding diaryl/α,β-unsaturated/α-hetero) is 2. The van der Waals surface area contributed by atoms with Crippen LogP contribution in [-0.2, 0) is 28.7 Å². The molecule has 6 heteroatoms. The van der Waals surface area contributed by atoms with E-state index in [1.807, 2.05) is 6.92 Å². The molecule has 0 saturated heterocycles. The Labute approximate surface area is 178 Å². The van der Waals surface area contributed by atoms with Gasteiger partial charge in [0.25, 0.3) is 0 Å². The summed E-state index contributed by atoms with van der Waals surface area (Å²) >= 11 is 0. The molecule has 30 heavy (non-hydrogen) atoms. The van der Waals surface area contributed by atoms with E-state index < -0.39 is 29.2 Å². The quantitative estimate of drug-likeness (QED) is 0.509. The Morgan fingerprint density at radius 1 is 1.00 bits per heavy atom. The average Bonchev–Trinajstić information content (AvgIpc) is 2.58. The Morgan fingerprint density at radius 3 is 2.17 bits per heavy atom. The zero-order valence-electron chi connectivity index (χ0n) is 19.0. The van der Waals surface area contributed by atoms with Crippen molar-refractivity contribution in [1.29, 1.82) is 0 Å². The molecule has 0 N–H and O–H groups in total. The first-order chi connectivity index (χ1) is 13.8. The van der Waals surface area contributed by atoms with Gasteiger partial charge in [0.05, 0.1) is 0 Å². The van der Waals surface area contributed by atoms with Crippen LogP contribution in [-0.4, -0.2) is 29.6 Å². The third kappa shape index (κ3) is 3.44. The van der Waals surface area contributed by atoms with Gasteiger partial charge in [-0.2, -0.15) is 0 Å². The zero-order chi connectivity index (χ0) is 22.6. The molecule has 3 unspecified atom stereocenters. The Balaban J connectivity index is 2.27. The maximum atomic E-state index is 13.8. The summed E-state index contributed by atoms with van der Waals surface area (Å²) in [6.45, 7) is 12.5. The summed E-state index contributed by atoms with van der Waals surface area (Å²) in [4.78, 5) is 51.1. The van der Waals surface area contributed by atoms with Gasteiger partial charge in [0.1, 0.15) is 6.10 Å². The lowest BCUT2D eigenvalue weighted by atomic mass is 9.48. The number of ether oxygens (including phenoxy) is 2. The summed E-state index contributed by atoms with van der Waals surface area (Å²) in [7, 11) is 0. The van der Waals surface area contributed by atoms with Gasteiger partial charge in [-0.3, -0.25) is 19.2 Å². The van der Waals surface area contributed by atoms with E-state index in [0.717, 1.165) is 19.3 Å². The number of carbonyl (C=O) groups excluding carboxylic acids is 4. The molecule has 3 aliphatic carbocycles. The van der Waals surface area contributed by atoms with Gasteiger partial charge in [-0.25, -0.2) is 0 Å². The van der Waals surface area contributed by atoms with E-state index in [0.29, 0.717) is 12.0 Å². The molecule has 0 aromatic carbocycles. The van der Waals surface area contributed by atoms with Crippen molar-refractivity contribution in [2.45, 2.75) is 80.3 Å². The highest BCUT2D eigenvalue weighted by molar-refractivity contribution is 6.26. The van der Waals surface area contributed by atoms with Crippen molar-refractivity contribution in [2.75, 3.05) is 0 Å². The molecular weight excluding hydrogens is 384 g/mol. The van der Waals surface area contributed by atoms with Crippen molar-refractivity contribution in [3.05, 3.63) is 22.5 Å². The predicted octanol–water partition coefficient (Wildman–Crippen LogP) is 4.08. The molecule has 0 radical (unpaired) electrons. The third-order valence-electron chi connectivity index (χ3n) is 7.14. The molecule has 1 fully saturated rings. The molecule has 3 atom stereocenters. The maximum Gasteiger partial charge on any atom is 0.308 e. The second-order valence-electron chi connectivity index (χ2n) is 10.1. The smallest absolute Gasteiger partial charge is 0.308 e. The standard InChI is InChI=1S/C24H32O6/c1-12(2)17-20(27)18-15(29-13(3)25)11-16-23(5,6)9-8-10-24(16,7)19(18)21(28)22(17)30-14(4)26/h12,15-16H,8-11H2,1-7H3. The maximum absolute atomic E-state index is 13.8. The largest absolute Gasteiger partial charge is 0.458 e. The molecule has 1 saturated carbocycles. The molecule has 0 amide bonds. The van der Waals surface area contributed by atoms with Crippen molar-refractivity contribution < 1.29 is 28.7 Å². The molecule has 0 bridgehead atoms. The van der Waals surface area contributed by atoms with Crippen LogP contribution in [0.2, 0.25) is 0 Å².